The molecule has 0 N–H and O–H groups in total. The molecule has 21 heavy (non-hydrogen) atoms. The van der Waals surface area contributed by atoms with Crippen LogP contribution in [0.4, 0.5) is 11.5 Å². The number of aromatic nitrogens is 2. The molecule has 7 nitrogen and oxygen atoms in total. The molecule has 0 aliphatic heterocycles. The van der Waals surface area contributed by atoms with Crippen LogP contribution in [0, 0.1) is 10.1 Å². The second kappa shape index (κ2) is 6.68. The number of rotatable bonds is 6. The van der Waals surface area contributed by atoms with Crippen LogP contribution in [0.25, 0.3) is 0 Å². The standard InChI is InChI=1S/C12H13ClN4O3S/c1-3-20-10-5-4-9(17(18)19)11(15-10)16(2)7-8-6-14-12(13)21-8/h4-6H,3,7H2,1-2H3. The zero-order valence-corrected chi connectivity index (χ0v) is 13.0. The summed E-state index contributed by atoms with van der Waals surface area (Å²) in [6.45, 7) is 2.69. The number of pyridine rings is 1. The molecule has 0 saturated heterocycles. The third kappa shape index (κ3) is 3.79. The number of nitrogens with zero attached hydrogens (tertiary/aromatic N) is 4. The summed E-state index contributed by atoms with van der Waals surface area (Å²) in [7, 11) is 1.72. The fourth-order valence-electron chi connectivity index (χ4n) is 1.74. The van der Waals surface area contributed by atoms with Crippen molar-refractivity contribution in [3.63, 3.8) is 0 Å². The maximum Gasteiger partial charge on any atom is 0.311 e. The molecule has 0 aliphatic rings. The Kier molecular flexibility index (Phi) is 4.92. The van der Waals surface area contributed by atoms with Gasteiger partial charge in [-0.3, -0.25) is 10.1 Å². The first-order chi connectivity index (χ1) is 10.0. The third-order valence-electron chi connectivity index (χ3n) is 2.60. The van der Waals surface area contributed by atoms with Crippen LogP contribution in [0.2, 0.25) is 4.47 Å². The Morgan fingerprint density at radius 2 is 2.29 bits per heavy atom. The van der Waals surface area contributed by atoms with Crippen molar-refractivity contribution in [2.75, 3.05) is 18.6 Å². The first-order valence-corrected chi connectivity index (χ1v) is 7.30. The SMILES string of the molecule is CCOc1ccc([N+](=O)[O-])c(N(C)Cc2cnc(Cl)s2)n1. The molecular weight excluding hydrogens is 316 g/mol. The van der Waals surface area contributed by atoms with Crippen molar-refractivity contribution < 1.29 is 9.66 Å². The Morgan fingerprint density at radius 1 is 1.52 bits per heavy atom. The lowest BCUT2D eigenvalue weighted by atomic mass is 10.3. The normalized spacial score (nSPS) is 10.4. The highest BCUT2D eigenvalue weighted by Gasteiger charge is 2.20. The summed E-state index contributed by atoms with van der Waals surface area (Å²) < 4.78 is 5.73. The minimum atomic E-state index is -0.464. The number of halogens is 1. The van der Waals surface area contributed by atoms with E-state index >= 15 is 0 Å². The summed E-state index contributed by atoms with van der Waals surface area (Å²) >= 11 is 7.11. The quantitative estimate of drug-likeness (QED) is 0.598. The molecule has 2 aromatic rings. The summed E-state index contributed by atoms with van der Waals surface area (Å²) in [6, 6.07) is 2.88. The van der Waals surface area contributed by atoms with Gasteiger partial charge in [0, 0.05) is 30.3 Å². The molecule has 0 fully saturated rings. The molecule has 112 valence electrons. The smallest absolute Gasteiger partial charge is 0.311 e. The highest BCUT2D eigenvalue weighted by atomic mass is 35.5. The maximum atomic E-state index is 11.1. The van der Waals surface area contributed by atoms with Crippen molar-refractivity contribution in [3.05, 3.63) is 37.8 Å². The van der Waals surface area contributed by atoms with E-state index in [2.05, 4.69) is 9.97 Å². The van der Waals surface area contributed by atoms with Crippen LogP contribution in [-0.4, -0.2) is 28.5 Å². The number of hydrogen-bond donors (Lipinski definition) is 0. The third-order valence-corrected chi connectivity index (χ3v) is 3.70. The molecule has 0 bridgehead atoms. The van der Waals surface area contributed by atoms with Crippen LogP contribution < -0.4 is 9.64 Å². The van der Waals surface area contributed by atoms with Gasteiger partial charge in [0.1, 0.15) is 0 Å². The van der Waals surface area contributed by atoms with E-state index in [0.717, 1.165) is 4.88 Å². The van der Waals surface area contributed by atoms with Gasteiger partial charge in [-0.1, -0.05) is 11.6 Å². The molecule has 2 rings (SSSR count). The molecule has 9 heteroatoms. The predicted molar refractivity (Wildman–Crippen MR) is 81.3 cm³/mol. The van der Waals surface area contributed by atoms with Crippen LogP contribution in [-0.2, 0) is 6.54 Å². The van der Waals surface area contributed by atoms with E-state index in [1.54, 1.807) is 18.1 Å². The Morgan fingerprint density at radius 3 is 2.86 bits per heavy atom. The molecule has 2 heterocycles. The lowest BCUT2D eigenvalue weighted by Gasteiger charge is -2.17. The van der Waals surface area contributed by atoms with Crippen LogP contribution in [0.3, 0.4) is 0 Å². The summed E-state index contributed by atoms with van der Waals surface area (Å²) in [6.07, 6.45) is 1.64. The summed E-state index contributed by atoms with van der Waals surface area (Å²) in [4.78, 5) is 21.4. The first-order valence-electron chi connectivity index (χ1n) is 6.10. The highest BCUT2D eigenvalue weighted by molar-refractivity contribution is 7.15. The van der Waals surface area contributed by atoms with Gasteiger partial charge in [0.15, 0.2) is 4.47 Å². The summed E-state index contributed by atoms with van der Waals surface area (Å²) in [5.74, 6) is 0.600. The van der Waals surface area contributed by atoms with Crippen LogP contribution in [0.5, 0.6) is 5.88 Å². The lowest BCUT2D eigenvalue weighted by molar-refractivity contribution is -0.384. The predicted octanol–water partition coefficient (Wildman–Crippen LogP) is 3.13. The van der Waals surface area contributed by atoms with E-state index in [9.17, 15) is 10.1 Å². The number of ether oxygens (including phenoxy) is 1. The molecule has 0 unspecified atom stereocenters. The number of hydrogen-bond acceptors (Lipinski definition) is 7. The van der Waals surface area contributed by atoms with E-state index < -0.39 is 4.92 Å². The van der Waals surface area contributed by atoms with Gasteiger partial charge in [0.05, 0.1) is 18.1 Å². The number of thiazole rings is 1. The zero-order valence-electron chi connectivity index (χ0n) is 11.4. The first kappa shape index (κ1) is 15.5. The van der Waals surface area contributed by atoms with Crippen LogP contribution in [0.15, 0.2) is 18.3 Å². The molecule has 0 atom stereocenters. The van der Waals surface area contributed by atoms with Gasteiger partial charge in [0.25, 0.3) is 0 Å². The Balaban J connectivity index is 2.30. The van der Waals surface area contributed by atoms with Crippen molar-refractivity contribution in [3.8, 4) is 5.88 Å². The number of anilines is 1. The van der Waals surface area contributed by atoms with Gasteiger partial charge in [-0.05, 0) is 6.92 Å². The second-order valence-corrected chi connectivity index (χ2v) is 5.82. The van der Waals surface area contributed by atoms with Crippen molar-refractivity contribution in [1.82, 2.24) is 9.97 Å². The molecule has 0 spiro atoms. The molecule has 0 aromatic carbocycles. The molecule has 0 saturated carbocycles. The monoisotopic (exact) mass is 328 g/mol. The van der Waals surface area contributed by atoms with Crippen molar-refractivity contribution in [2.45, 2.75) is 13.5 Å². The van der Waals surface area contributed by atoms with Crippen LogP contribution in [0.1, 0.15) is 11.8 Å². The average Bonchev–Trinajstić information content (AvgIpc) is 2.84. The zero-order chi connectivity index (χ0) is 15.4. The molecule has 2 aromatic heterocycles. The summed E-state index contributed by atoms with van der Waals surface area (Å²) in [5.41, 5.74) is -0.0726. The minimum absolute atomic E-state index is 0.0726. The number of nitro groups is 1. The van der Waals surface area contributed by atoms with E-state index in [4.69, 9.17) is 16.3 Å². The fourth-order valence-corrected chi connectivity index (χ4v) is 2.77. The lowest BCUT2D eigenvalue weighted by Crippen LogP contribution is -2.18. The van der Waals surface area contributed by atoms with E-state index in [0.29, 0.717) is 23.5 Å². The Labute approximate surface area is 130 Å². The van der Waals surface area contributed by atoms with Crippen molar-refractivity contribution >= 4 is 34.4 Å². The average molecular weight is 329 g/mol. The van der Waals surface area contributed by atoms with Crippen molar-refractivity contribution in [2.24, 2.45) is 0 Å². The molecule has 0 radical (unpaired) electrons. The molecule has 0 aliphatic carbocycles. The van der Waals surface area contributed by atoms with Gasteiger partial charge >= 0.3 is 5.69 Å². The van der Waals surface area contributed by atoms with Gasteiger partial charge < -0.3 is 9.64 Å². The van der Waals surface area contributed by atoms with Gasteiger partial charge in [-0.25, -0.2) is 4.98 Å². The van der Waals surface area contributed by atoms with Crippen molar-refractivity contribution in [1.29, 1.82) is 0 Å². The second-order valence-electron chi connectivity index (χ2n) is 4.12. The minimum Gasteiger partial charge on any atom is -0.478 e. The largest absolute Gasteiger partial charge is 0.478 e. The van der Waals surface area contributed by atoms with E-state index in [1.807, 2.05) is 6.92 Å². The topological polar surface area (TPSA) is 81.4 Å². The maximum absolute atomic E-state index is 11.1. The fraction of sp³-hybridized carbons (Fsp3) is 0.333. The summed E-state index contributed by atoms with van der Waals surface area (Å²) in [5, 5.41) is 11.1. The Bertz CT molecular complexity index is 649. The highest BCUT2D eigenvalue weighted by Crippen LogP contribution is 2.29. The van der Waals surface area contributed by atoms with Gasteiger partial charge in [-0.2, -0.15) is 4.98 Å². The van der Waals surface area contributed by atoms with Gasteiger partial charge in [-0.15, -0.1) is 11.3 Å². The Hall–Kier alpha value is -1.93. The van der Waals surface area contributed by atoms with Gasteiger partial charge in [0.2, 0.25) is 11.7 Å². The molecule has 0 amide bonds. The van der Waals surface area contributed by atoms with E-state index in [-0.39, 0.29) is 11.5 Å². The van der Waals surface area contributed by atoms with E-state index in [1.165, 1.54) is 23.5 Å². The van der Waals surface area contributed by atoms with Crippen LogP contribution >= 0.6 is 22.9 Å². The molecular formula is C12H13ClN4O3S.